The molecule has 0 aliphatic carbocycles. The Morgan fingerprint density at radius 2 is 1.77 bits per heavy atom. The molecular weight excluding hydrogens is 282 g/mol. The summed E-state index contributed by atoms with van der Waals surface area (Å²) in [5, 5.41) is 21.2. The fraction of sp³-hybridized carbons (Fsp3) is 0.176. The number of hydrogen-bond donors (Lipinski definition) is 3. The van der Waals surface area contributed by atoms with Crippen LogP contribution in [0.5, 0.6) is 5.75 Å². The number of phenolic OH excluding ortho intramolecular Hbond substituents is 1. The fourth-order valence-electron chi connectivity index (χ4n) is 2.05. The number of aliphatic carboxylic acids is 1. The second-order valence-corrected chi connectivity index (χ2v) is 5.18. The van der Waals surface area contributed by atoms with Crippen molar-refractivity contribution in [2.75, 3.05) is 5.32 Å². The summed E-state index contributed by atoms with van der Waals surface area (Å²) in [7, 11) is 0. The highest BCUT2D eigenvalue weighted by atomic mass is 16.4. The van der Waals surface area contributed by atoms with Crippen LogP contribution in [0.15, 0.2) is 36.4 Å². The number of benzene rings is 2. The van der Waals surface area contributed by atoms with Gasteiger partial charge in [-0.3, -0.25) is 9.59 Å². The third-order valence-corrected chi connectivity index (χ3v) is 3.43. The van der Waals surface area contributed by atoms with Gasteiger partial charge in [0.1, 0.15) is 5.75 Å². The Balaban J connectivity index is 2.23. The van der Waals surface area contributed by atoms with Crippen LogP contribution in [0.3, 0.4) is 0 Å². The Morgan fingerprint density at radius 3 is 2.41 bits per heavy atom. The first-order chi connectivity index (χ1) is 10.4. The summed E-state index contributed by atoms with van der Waals surface area (Å²) in [6.45, 7) is 3.87. The summed E-state index contributed by atoms with van der Waals surface area (Å²) < 4.78 is 0. The Kier molecular flexibility index (Phi) is 4.46. The van der Waals surface area contributed by atoms with Gasteiger partial charge in [0.15, 0.2) is 0 Å². The van der Waals surface area contributed by atoms with Gasteiger partial charge in [0.05, 0.1) is 12.1 Å². The van der Waals surface area contributed by atoms with Crippen LogP contribution in [0.2, 0.25) is 0 Å². The lowest BCUT2D eigenvalue weighted by Gasteiger charge is -2.10. The van der Waals surface area contributed by atoms with E-state index in [0.717, 1.165) is 11.1 Å². The van der Waals surface area contributed by atoms with E-state index >= 15 is 0 Å². The predicted molar refractivity (Wildman–Crippen MR) is 83.3 cm³/mol. The third-order valence-electron chi connectivity index (χ3n) is 3.43. The molecule has 0 aliphatic rings. The maximum Gasteiger partial charge on any atom is 0.307 e. The number of hydrogen-bond acceptors (Lipinski definition) is 3. The maximum absolute atomic E-state index is 12.2. The van der Waals surface area contributed by atoms with Gasteiger partial charge in [-0.25, -0.2) is 0 Å². The third kappa shape index (κ3) is 3.63. The second-order valence-electron chi connectivity index (χ2n) is 5.18. The van der Waals surface area contributed by atoms with Gasteiger partial charge in [0, 0.05) is 5.56 Å². The van der Waals surface area contributed by atoms with Gasteiger partial charge in [-0.05, 0) is 54.8 Å². The first-order valence-corrected chi connectivity index (χ1v) is 6.79. The zero-order valence-electron chi connectivity index (χ0n) is 12.4. The predicted octanol–water partition coefficient (Wildman–Crippen LogP) is 2.89. The van der Waals surface area contributed by atoms with E-state index in [9.17, 15) is 14.7 Å². The summed E-state index contributed by atoms with van der Waals surface area (Å²) in [4.78, 5) is 23.0. The Bertz CT molecular complexity index is 737. The molecule has 2 aromatic carbocycles. The average molecular weight is 299 g/mol. The lowest BCUT2D eigenvalue weighted by molar-refractivity contribution is -0.136. The van der Waals surface area contributed by atoms with E-state index in [1.54, 1.807) is 12.1 Å². The van der Waals surface area contributed by atoms with Gasteiger partial charge in [0.25, 0.3) is 5.91 Å². The summed E-state index contributed by atoms with van der Waals surface area (Å²) >= 11 is 0. The van der Waals surface area contributed by atoms with Gasteiger partial charge < -0.3 is 15.5 Å². The van der Waals surface area contributed by atoms with Crippen LogP contribution >= 0.6 is 0 Å². The minimum atomic E-state index is -0.975. The second kappa shape index (κ2) is 6.30. The first-order valence-electron chi connectivity index (χ1n) is 6.79. The van der Waals surface area contributed by atoms with Crippen molar-refractivity contribution in [3.8, 4) is 5.75 Å². The zero-order valence-corrected chi connectivity index (χ0v) is 12.4. The van der Waals surface area contributed by atoms with Gasteiger partial charge in [-0.15, -0.1) is 0 Å². The van der Waals surface area contributed by atoms with Gasteiger partial charge in [-0.2, -0.15) is 0 Å². The van der Waals surface area contributed by atoms with E-state index in [2.05, 4.69) is 5.32 Å². The number of amides is 1. The Labute approximate surface area is 128 Å². The van der Waals surface area contributed by atoms with Gasteiger partial charge in [0.2, 0.25) is 0 Å². The lowest BCUT2D eigenvalue weighted by atomic mass is 10.1. The van der Waals surface area contributed by atoms with Gasteiger partial charge in [-0.1, -0.05) is 12.1 Å². The minimum Gasteiger partial charge on any atom is -0.506 e. The first kappa shape index (κ1) is 15.6. The summed E-state index contributed by atoms with van der Waals surface area (Å²) in [5.74, 6) is -1.44. The highest BCUT2D eigenvalue weighted by Gasteiger charge is 2.11. The molecule has 3 N–H and O–H groups in total. The highest BCUT2D eigenvalue weighted by molar-refractivity contribution is 6.05. The van der Waals surface area contributed by atoms with E-state index in [1.165, 1.54) is 18.2 Å². The molecule has 0 radical (unpaired) electrons. The molecule has 5 nitrogen and oxygen atoms in total. The number of rotatable bonds is 4. The molecule has 2 aromatic rings. The molecule has 0 heterocycles. The van der Waals surface area contributed by atoms with Crippen LogP contribution in [0, 0.1) is 13.8 Å². The van der Waals surface area contributed by atoms with Crippen molar-refractivity contribution in [2.45, 2.75) is 20.3 Å². The van der Waals surface area contributed by atoms with Crippen LogP contribution in [0.4, 0.5) is 5.69 Å². The molecule has 22 heavy (non-hydrogen) atoms. The van der Waals surface area contributed by atoms with Crippen molar-refractivity contribution in [3.05, 3.63) is 58.7 Å². The smallest absolute Gasteiger partial charge is 0.307 e. The minimum absolute atomic E-state index is 0.105. The van der Waals surface area contributed by atoms with Crippen molar-refractivity contribution >= 4 is 17.6 Å². The Hall–Kier alpha value is -2.82. The molecule has 0 saturated heterocycles. The molecule has 0 bridgehead atoms. The lowest BCUT2D eigenvalue weighted by Crippen LogP contribution is -2.13. The molecule has 1 amide bonds. The molecular formula is C17H17NO4. The monoisotopic (exact) mass is 299 g/mol. The topological polar surface area (TPSA) is 86.6 Å². The van der Waals surface area contributed by atoms with E-state index in [-0.39, 0.29) is 23.8 Å². The largest absolute Gasteiger partial charge is 0.506 e. The molecule has 0 saturated carbocycles. The number of carbonyl (C=O) groups is 2. The number of aromatic hydroxyl groups is 1. The molecule has 0 spiro atoms. The molecule has 0 unspecified atom stereocenters. The number of nitrogens with one attached hydrogen (secondary N) is 1. The maximum atomic E-state index is 12.2. The molecule has 0 atom stereocenters. The van der Waals surface area contributed by atoms with Crippen LogP contribution in [-0.4, -0.2) is 22.1 Å². The van der Waals surface area contributed by atoms with E-state index in [4.69, 9.17) is 5.11 Å². The number of carboxylic acids is 1. The number of anilines is 1. The summed E-state index contributed by atoms with van der Waals surface area (Å²) in [6.07, 6.45) is -0.174. The highest BCUT2D eigenvalue weighted by Crippen LogP contribution is 2.25. The van der Waals surface area contributed by atoms with Crippen molar-refractivity contribution in [3.63, 3.8) is 0 Å². The number of phenols is 1. The standard InChI is InChI=1S/C17H17NO4/c1-10-3-5-13(7-11(10)2)17(22)18-14-8-12(9-16(20)21)4-6-15(14)19/h3-8,19H,9H2,1-2H3,(H,18,22)(H,20,21). The SMILES string of the molecule is Cc1ccc(C(=O)Nc2cc(CC(=O)O)ccc2O)cc1C. The van der Waals surface area contributed by atoms with Crippen LogP contribution in [0.25, 0.3) is 0 Å². The summed E-state index contributed by atoms with van der Waals surface area (Å²) in [6, 6.07) is 9.66. The molecule has 2 rings (SSSR count). The molecule has 5 heteroatoms. The average Bonchev–Trinajstić information content (AvgIpc) is 2.45. The van der Waals surface area contributed by atoms with E-state index in [0.29, 0.717) is 11.1 Å². The normalized spacial score (nSPS) is 10.3. The molecule has 0 aromatic heterocycles. The fourth-order valence-corrected chi connectivity index (χ4v) is 2.05. The molecule has 0 fully saturated rings. The van der Waals surface area contributed by atoms with Crippen LogP contribution in [-0.2, 0) is 11.2 Å². The number of aryl methyl sites for hydroxylation is 2. The van der Waals surface area contributed by atoms with Crippen molar-refractivity contribution in [1.29, 1.82) is 0 Å². The molecule has 114 valence electrons. The van der Waals surface area contributed by atoms with E-state index < -0.39 is 5.97 Å². The van der Waals surface area contributed by atoms with Crippen molar-refractivity contribution in [1.82, 2.24) is 0 Å². The molecule has 0 aliphatic heterocycles. The van der Waals surface area contributed by atoms with E-state index in [1.807, 2.05) is 19.9 Å². The van der Waals surface area contributed by atoms with Crippen LogP contribution in [0.1, 0.15) is 27.0 Å². The summed E-state index contributed by atoms with van der Waals surface area (Å²) in [5.41, 5.74) is 3.26. The van der Waals surface area contributed by atoms with Gasteiger partial charge >= 0.3 is 5.97 Å². The Morgan fingerprint density at radius 1 is 1.05 bits per heavy atom. The van der Waals surface area contributed by atoms with Crippen molar-refractivity contribution < 1.29 is 19.8 Å². The zero-order chi connectivity index (χ0) is 16.3. The number of carbonyl (C=O) groups excluding carboxylic acids is 1. The quantitative estimate of drug-likeness (QED) is 0.758. The van der Waals surface area contributed by atoms with Crippen molar-refractivity contribution in [2.24, 2.45) is 0 Å². The van der Waals surface area contributed by atoms with Crippen LogP contribution < -0.4 is 5.32 Å². The number of carboxylic acid groups (broad SMARTS) is 1.